The van der Waals surface area contributed by atoms with Gasteiger partial charge in [0.1, 0.15) is 0 Å². The van der Waals surface area contributed by atoms with Crippen LogP contribution in [0.1, 0.15) is 51.1 Å². The number of carbonyl (C=O) groups is 2. The van der Waals surface area contributed by atoms with Crippen molar-refractivity contribution >= 4 is 17.4 Å². The summed E-state index contributed by atoms with van der Waals surface area (Å²) >= 11 is 0. The first-order valence-electron chi connectivity index (χ1n) is 8.25. The lowest BCUT2D eigenvalue weighted by molar-refractivity contribution is 0.0606. The van der Waals surface area contributed by atoms with Crippen molar-refractivity contribution in [3.8, 4) is 0 Å². The predicted molar refractivity (Wildman–Crippen MR) is 91.5 cm³/mol. The summed E-state index contributed by atoms with van der Waals surface area (Å²) < 4.78 is 0. The summed E-state index contributed by atoms with van der Waals surface area (Å²) in [7, 11) is 0. The Bertz CT molecular complexity index is 834. The number of benzene rings is 1. The van der Waals surface area contributed by atoms with Gasteiger partial charge in [0.05, 0.1) is 17.2 Å². The molecular weight excluding hydrogens is 300 g/mol. The molecular formula is C20H18N2O2. The summed E-state index contributed by atoms with van der Waals surface area (Å²) in [5, 5.41) is 0. The highest BCUT2D eigenvalue weighted by Crippen LogP contribution is 2.34. The fourth-order valence-corrected chi connectivity index (χ4v) is 3.67. The maximum absolute atomic E-state index is 12.7. The van der Waals surface area contributed by atoms with Crippen LogP contribution in [-0.4, -0.2) is 27.7 Å². The zero-order chi connectivity index (χ0) is 16.7. The minimum Gasteiger partial charge on any atom is -0.269 e. The summed E-state index contributed by atoms with van der Waals surface area (Å²) in [6, 6.07) is 8.90. The van der Waals surface area contributed by atoms with Crippen LogP contribution >= 0.6 is 0 Å². The van der Waals surface area contributed by atoms with Gasteiger partial charge in [0, 0.05) is 12.4 Å². The van der Waals surface area contributed by atoms with E-state index in [1.54, 1.807) is 30.5 Å². The predicted octanol–water partition coefficient (Wildman–Crippen LogP) is 3.62. The Morgan fingerprint density at radius 1 is 1.04 bits per heavy atom. The molecule has 4 heteroatoms. The molecule has 120 valence electrons. The molecule has 1 aromatic heterocycles. The first kappa shape index (κ1) is 14.8. The average molecular weight is 318 g/mol. The number of nitrogens with zero attached hydrogens (tertiary/aromatic N) is 2. The summed E-state index contributed by atoms with van der Waals surface area (Å²) in [5.41, 5.74) is 4.51. The fourth-order valence-electron chi connectivity index (χ4n) is 3.67. The van der Waals surface area contributed by atoms with Crippen molar-refractivity contribution in [2.75, 3.05) is 0 Å². The van der Waals surface area contributed by atoms with Crippen molar-refractivity contribution in [3.63, 3.8) is 0 Å². The number of rotatable bonds is 2. The molecule has 4 nitrogen and oxygen atoms in total. The number of pyridine rings is 1. The van der Waals surface area contributed by atoms with Gasteiger partial charge in [-0.3, -0.25) is 19.5 Å². The number of hydrogen-bond donors (Lipinski definition) is 0. The molecule has 1 aliphatic carbocycles. The van der Waals surface area contributed by atoms with Gasteiger partial charge in [0.25, 0.3) is 11.8 Å². The SMILES string of the molecule is Cc1cnccc1C1=CC(N2C(=O)c3ccccc3C2=O)CCC1. The molecule has 0 saturated heterocycles. The van der Waals surface area contributed by atoms with Crippen LogP contribution in [0, 0.1) is 6.92 Å². The molecule has 0 fully saturated rings. The smallest absolute Gasteiger partial charge is 0.262 e. The first-order chi connectivity index (χ1) is 11.7. The summed E-state index contributed by atoms with van der Waals surface area (Å²) in [6.07, 6.45) is 8.47. The van der Waals surface area contributed by atoms with Crippen molar-refractivity contribution in [1.29, 1.82) is 0 Å². The number of hydrogen-bond acceptors (Lipinski definition) is 3. The molecule has 2 aromatic rings. The number of allylic oxidation sites excluding steroid dienone is 1. The number of carbonyl (C=O) groups excluding carboxylic acids is 2. The highest BCUT2D eigenvalue weighted by atomic mass is 16.2. The van der Waals surface area contributed by atoms with Gasteiger partial charge in [-0.1, -0.05) is 18.2 Å². The van der Waals surface area contributed by atoms with Crippen LogP contribution in [-0.2, 0) is 0 Å². The minimum atomic E-state index is -0.176. The third-order valence-electron chi connectivity index (χ3n) is 4.86. The molecule has 4 rings (SSSR count). The van der Waals surface area contributed by atoms with Gasteiger partial charge in [0.2, 0.25) is 0 Å². The van der Waals surface area contributed by atoms with Crippen molar-refractivity contribution in [3.05, 3.63) is 71.1 Å². The maximum Gasteiger partial charge on any atom is 0.262 e. The van der Waals surface area contributed by atoms with E-state index in [0.29, 0.717) is 11.1 Å². The largest absolute Gasteiger partial charge is 0.269 e. The molecule has 24 heavy (non-hydrogen) atoms. The normalized spacial score (nSPS) is 20.1. The number of aromatic nitrogens is 1. The van der Waals surface area contributed by atoms with Crippen molar-refractivity contribution in [1.82, 2.24) is 9.88 Å². The van der Waals surface area contributed by atoms with Crippen LogP contribution in [0.4, 0.5) is 0 Å². The molecule has 2 aliphatic rings. The second-order valence-corrected chi connectivity index (χ2v) is 6.37. The summed E-state index contributed by atoms with van der Waals surface area (Å²) in [4.78, 5) is 30.9. The Labute approximate surface area is 140 Å². The van der Waals surface area contributed by atoms with Crippen molar-refractivity contribution in [2.45, 2.75) is 32.2 Å². The van der Waals surface area contributed by atoms with Gasteiger partial charge >= 0.3 is 0 Å². The Balaban J connectivity index is 1.71. The van der Waals surface area contributed by atoms with Crippen LogP contribution in [0.3, 0.4) is 0 Å². The molecule has 1 atom stereocenters. The monoisotopic (exact) mass is 318 g/mol. The van der Waals surface area contributed by atoms with Crippen LogP contribution in [0.5, 0.6) is 0 Å². The zero-order valence-electron chi connectivity index (χ0n) is 13.5. The zero-order valence-corrected chi connectivity index (χ0v) is 13.5. The van der Waals surface area contributed by atoms with Crippen molar-refractivity contribution in [2.24, 2.45) is 0 Å². The summed E-state index contributed by atoms with van der Waals surface area (Å²) in [5.74, 6) is -0.353. The second-order valence-electron chi connectivity index (χ2n) is 6.37. The number of aryl methyl sites for hydroxylation is 1. The molecule has 1 unspecified atom stereocenters. The summed E-state index contributed by atoms with van der Waals surface area (Å²) in [6.45, 7) is 2.04. The first-order valence-corrected chi connectivity index (χ1v) is 8.25. The maximum atomic E-state index is 12.7. The highest BCUT2D eigenvalue weighted by Gasteiger charge is 2.39. The van der Waals surface area contributed by atoms with E-state index in [0.717, 1.165) is 30.4 Å². The lowest BCUT2D eigenvalue weighted by atomic mass is 9.89. The average Bonchev–Trinajstić information content (AvgIpc) is 2.87. The van der Waals surface area contributed by atoms with Gasteiger partial charge in [-0.25, -0.2) is 0 Å². The van der Waals surface area contributed by atoms with Gasteiger partial charge in [-0.05, 0) is 61.1 Å². The third-order valence-corrected chi connectivity index (χ3v) is 4.86. The third kappa shape index (κ3) is 2.26. The molecule has 1 aromatic carbocycles. The van der Waals surface area contributed by atoms with Crippen LogP contribution < -0.4 is 0 Å². The number of amides is 2. The number of imide groups is 1. The molecule has 0 radical (unpaired) electrons. The van der Waals surface area contributed by atoms with Crippen LogP contribution in [0.25, 0.3) is 5.57 Å². The van der Waals surface area contributed by atoms with E-state index in [9.17, 15) is 9.59 Å². The Morgan fingerprint density at radius 3 is 2.42 bits per heavy atom. The van der Waals surface area contributed by atoms with Gasteiger partial charge in [-0.15, -0.1) is 0 Å². The minimum absolute atomic E-state index is 0.172. The van der Waals surface area contributed by atoms with E-state index in [2.05, 4.69) is 11.1 Å². The van der Waals surface area contributed by atoms with E-state index in [-0.39, 0.29) is 17.9 Å². The molecule has 1 aliphatic heterocycles. The molecule has 0 N–H and O–H groups in total. The van der Waals surface area contributed by atoms with E-state index in [1.165, 1.54) is 10.5 Å². The van der Waals surface area contributed by atoms with E-state index in [1.807, 2.05) is 19.2 Å². The fraction of sp³-hybridized carbons (Fsp3) is 0.250. The Morgan fingerprint density at radius 2 is 1.75 bits per heavy atom. The number of fused-ring (bicyclic) bond motifs is 1. The lowest BCUT2D eigenvalue weighted by Crippen LogP contribution is -2.39. The molecule has 2 amide bonds. The van der Waals surface area contributed by atoms with Gasteiger partial charge in [-0.2, -0.15) is 0 Å². The van der Waals surface area contributed by atoms with Gasteiger partial charge < -0.3 is 0 Å². The standard InChI is InChI=1S/C20H18N2O2/c1-13-12-21-10-9-16(13)14-5-4-6-15(11-14)22-19(23)17-7-2-3-8-18(17)20(22)24/h2-3,7-12,15H,4-6H2,1H3. The molecule has 2 heterocycles. The van der Waals surface area contributed by atoms with E-state index in [4.69, 9.17) is 0 Å². The van der Waals surface area contributed by atoms with E-state index < -0.39 is 0 Å². The topological polar surface area (TPSA) is 50.3 Å². The Hall–Kier alpha value is -2.75. The quantitative estimate of drug-likeness (QED) is 0.795. The second kappa shape index (κ2) is 5.71. The van der Waals surface area contributed by atoms with Crippen LogP contribution in [0.2, 0.25) is 0 Å². The molecule has 0 saturated carbocycles. The highest BCUT2D eigenvalue weighted by molar-refractivity contribution is 6.21. The van der Waals surface area contributed by atoms with Crippen molar-refractivity contribution < 1.29 is 9.59 Å². The Kier molecular flexibility index (Phi) is 3.53. The van der Waals surface area contributed by atoms with Gasteiger partial charge in [0.15, 0.2) is 0 Å². The lowest BCUT2D eigenvalue weighted by Gasteiger charge is -2.28. The van der Waals surface area contributed by atoms with E-state index >= 15 is 0 Å². The molecule has 0 bridgehead atoms. The molecule has 0 spiro atoms. The van der Waals surface area contributed by atoms with Crippen LogP contribution in [0.15, 0.2) is 48.8 Å².